The van der Waals surface area contributed by atoms with E-state index in [-0.39, 0.29) is 5.69 Å². The number of benzene rings is 2. The van der Waals surface area contributed by atoms with Crippen molar-refractivity contribution < 1.29 is 0 Å². The summed E-state index contributed by atoms with van der Waals surface area (Å²) in [4.78, 5) is 12.9. The molecule has 0 unspecified atom stereocenters. The van der Waals surface area contributed by atoms with E-state index in [9.17, 15) is 4.79 Å². The smallest absolute Gasteiger partial charge is 0.261 e. The normalized spacial score (nSPS) is 11.4. The van der Waals surface area contributed by atoms with Gasteiger partial charge in [-0.05, 0) is 37.3 Å². The lowest BCUT2D eigenvalue weighted by molar-refractivity contribution is 0.881. The summed E-state index contributed by atoms with van der Waals surface area (Å²) in [5.74, 6) is 0.557. The molecule has 5 nitrogen and oxygen atoms in total. The molecular formula is C16H11ClN4O. The third kappa shape index (κ3) is 1.76. The van der Waals surface area contributed by atoms with Crippen LogP contribution in [-0.4, -0.2) is 19.2 Å². The van der Waals surface area contributed by atoms with Crippen LogP contribution in [-0.2, 0) is 0 Å². The summed E-state index contributed by atoms with van der Waals surface area (Å²) in [5.41, 5.74) is 1.82. The number of aromatic nitrogens is 4. The van der Waals surface area contributed by atoms with Gasteiger partial charge >= 0.3 is 5.69 Å². The maximum Gasteiger partial charge on any atom is 0.340 e. The molecule has 0 amide bonds. The Kier molecular flexibility index (Phi) is 2.77. The molecule has 0 aliphatic heterocycles. The van der Waals surface area contributed by atoms with Crippen LogP contribution in [0.4, 0.5) is 0 Å². The molecule has 0 N–H and O–H groups in total. The van der Waals surface area contributed by atoms with Gasteiger partial charge in [-0.2, -0.15) is 0 Å². The van der Waals surface area contributed by atoms with Gasteiger partial charge in [-0.1, -0.05) is 29.8 Å². The number of hydrogen-bond donors (Lipinski definition) is 0. The van der Waals surface area contributed by atoms with Crippen molar-refractivity contribution in [2.75, 3.05) is 0 Å². The van der Waals surface area contributed by atoms with Gasteiger partial charge in [-0.3, -0.25) is 4.57 Å². The lowest BCUT2D eigenvalue weighted by Gasteiger charge is -2.12. The van der Waals surface area contributed by atoms with Crippen LogP contribution >= 0.6 is 11.6 Å². The van der Waals surface area contributed by atoms with Gasteiger partial charge in [0.15, 0.2) is 5.65 Å². The summed E-state index contributed by atoms with van der Waals surface area (Å²) in [7, 11) is 0. The van der Waals surface area contributed by atoms with Crippen LogP contribution in [0.3, 0.4) is 0 Å². The molecule has 0 saturated heterocycles. The highest BCUT2D eigenvalue weighted by atomic mass is 35.5. The number of para-hydroxylation sites is 1. The largest absolute Gasteiger partial charge is 0.340 e. The molecule has 0 atom stereocenters. The minimum atomic E-state index is -0.210. The Morgan fingerprint density at radius 2 is 1.82 bits per heavy atom. The van der Waals surface area contributed by atoms with Gasteiger partial charge in [0.25, 0.3) is 0 Å². The van der Waals surface area contributed by atoms with Crippen molar-refractivity contribution >= 4 is 28.2 Å². The topological polar surface area (TPSA) is 52.2 Å². The van der Waals surface area contributed by atoms with Crippen LogP contribution in [0.15, 0.2) is 53.3 Å². The van der Waals surface area contributed by atoms with Crippen molar-refractivity contribution in [2.45, 2.75) is 6.92 Å². The highest BCUT2D eigenvalue weighted by Crippen LogP contribution is 2.23. The Morgan fingerprint density at radius 1 is 1.05 bits per heavy atom. The van der Waals surface area contributed by atoms with E-state index < -0.39 is 0 Å². The fraction of sp³-hybridized carbons (Fsp3) is 0.0625. The molecule has 6 heteroatoms. The second kappa shape index (κ2) is 4.68. The van der Waals surface area contributed by atoms with Crippen molar-refractivity contribution in [3.63, 3.8) is 0 Å². The molecule has 108 valence electrons. The van der Waals surface area contributed by atoms with Gasteiger partial charge in [-0.25, -0.2) is 9.20 Å². The number of fused-ring (bicyclic) bond motifs is 3. The van der Waals surface area contributed by atoms with Crippen LogP contribution in [0.5, 0.6) is 0 Å². The molecule has 2 aromatic heterocycles. The number of hydrogen-bond acceptors (Lipinski definition) is 3. The first-order chi connectivity index (χ1) is 10.7. The molecule has 4 rings (SSSR count). The van der Waals surface area contributed by atoms with Crippen molar-refractivity contribution in [3.8, 4) is 5.69 Å². The van der Waals surface area contributed by atoms with Crippen LogP contribution in [0.1, 0.15) is 5.82 Å². The molecule has 0 fully saturated rings. The average molecular weight is 311 g/mol. The SMILES string of the molecule is Cc1nnc2c3ccc(Cl)cc3n(-c3ccccc3)c(=O)n12. The van der Waals surface area contributed by atoms with Gasteiger partial charge in [0.1, 0.15) is 5.82 Å². The molecule has 0 aliphatic carbocycles. The van der Waals surface area contributed by atoms with Crippen LogP contribution in [0, 0.1) is 6.92 Å². The maximum atomic E-state index is 12.9. The number of rotatable bonds is 1. The van der Waals surface area contributed by atoms with Gasteiger partial charge in [0.05, 0.1) is 11.2 Å². The standard InChI is InChI=1S/C16H11ClN4O/c1-10-18-19-15-13-8-7-11(17)9-14(13)21(16(22)20(10)15)12-5-3-2-4-6-12/h2-9H,1H3. The predicted octanol–water partition coefficient (Wildman–Crippen LogP) is 3.00. The quantitative estimate of drug-likeness (QED) is 0.543. The summed E-state index contributed by atoms with van der Waals surface area (Å²) in [5, 5.41) is 9.55. The molecule has 22 heavy (non-hydrogen) atoms. The maximum absolute atomic E-state index is 12.9. The average Bonchev–Trinajstić information content (AvgIpc) is 2.91. The summed E-state index contributed by atoms with van der Waals surface area (Å²) in [6, 6.07) is 14.9. The lowest BCUT2D eigenvalue weighted by Crippen LogP contribution is -2.26. The second-order valence-corrected chi connectivity index (χ2v) is 5.46. The van der Waals surface area contributed by atoms with Crippen LogP contribution < -0.4 is 5.69 Å². The van der Waals surface area contributed by atoms with E-state index in [4.69, 9.17) is 11.6 Å². The zero-order valence-corrected chi connectivity index (χ0v) is 12.4. The molecule has 0 saturated carbocycles. The monoisotopic (exact) mass is 310 g/mol. The second-order valence-electron chi connectivity index (χ2n) is 5.02. The van der Waals surface area contributed by atoms with Crippen molar-refractivity contribution in [3.05, 3.63) is 69.9 Å². The summed E-state index contributed by atoms with van der Waals surface area (Å²) in [6.07, 6.45) is 0. The van der Waals surface area contributed by atoms with E-state index >= 15 is 0 Å². The van der Waals surface area contributed by atoms with Gasteiger partial charge in [0, 0.05) is 10.4 Å². The molecular weight excluding hydrogens is 300 g/mol. The van der Waals surface area contributed by atoms with E-state index in [0.29, 0.717) is 22.0 Å². The first kappa shape index (κ1) is 13.0. The minimum Gasteiger partial charge on any atom is -0.261 e. The first-order valence-electron chi connectivity index (χ1n) is 6.78. The Balaban J connectivity index is 2.30. The molecule has 2 aromatic carbocycles. The van der Waals surface area contributed by atoms with Crippen molar-refractivity contribution in [1.82, 2.24) is 19.2 Å². The summed E-state index contributed by atoms with van der Waals surface area (Å²) >= 11 is 6.13. The van der Waals surface area contributed by atoms with E-state index in [2.05, 4.69) is 10.2 Å². The number of nitrogens with zero attached hydrogens (tertiary/aromatic N) is 4. The number of halogens is 1. The fourth-order valence-corrected chi connectivity index (χ4v) is 2.84. The lowest BCUT2D eigenvalue weighted by atomic mass is 10.2. The first-order valence-corrected chi connectivity index (χ1v) is 7.16. The third-order valence-corrected chi connectivity index (χ3v) is 3.90. The van der Waals surface area contributed by atoms with Gasteiger partial charge in [0.2, 0.25) is 0 Å². The summed E-state index contributed by atoms with van der Waals surface area (Å²) in [6.45, 7) is 1.76. The summed E-state index contributed by atoms with van der Waals surface area (Å²) < 4.78 is 3.15. The Hall–Kier alpha value is -2.66. The van der Waals surface area contributed by atoms with Crippen molar-refractivity contribution in [2.24, 2.45) is 0 Å². The zero-order chi connectivity index (χ0) is 15.3. The van der Waals surface area contributed by atoms with E-state index in [1.54, 1.807) is 23.6 Å². The highest BCUT2D eigenvalue weighted by Gasteiger charge is 2.15. The van der Waals surface area contributed by atoms with Gasteiger partial charge in [-0.15, -0.1) is 10.2 Å². The molecule has 0 radical (unpaired) electrons. The Bertz CT molecular complexity index is 1070. The molecule has 0 aliphatic rings. The zero-order valence-electron chi connectivity index (χ0n) is 11.7. The van der Waals surface area contributed by atoms with Crippen molar-refractivity contribution in [1.29, 1.82) is 0 Å². The predicted molar refractivity (Wildman–Crippen MR) is 85.8 cm³/mol. The molecule has 4 aromatic rings. The van der Waals surface area contributed by atoms with E-state index in [1.807, 2.05) is 36.4 Å². The Labute approximate surface area is 130 Å². The van der Waals surface area contributed by atoms with E-state index in [1.165, 1.54) is 4.40 Å². The third-order valence-electron chi connectivity index (χ3n) is 3.66. The van der Waals surface area contributed by atoms with E-state index in [0.717, 1.165) is 11.1 Å². The van der Waals surface area contributed by atoms with Gasteiger partial charge < -0.3 is 0 Å². The Morgan fingerprint density at radius 3 is 2.59 bits per heavy atom. The molecule has 0 spiro atoms. The highest BCUT2D eigenvalue weighted by molar-refractivity contribution is 6.31. The van der Waals surface area contributed by atoms with Crippen LogP contribution in [0.25, 0.3) is 22.2 Å². The fourth-order valence-electron chi connectivity index (χ4n) is 2.67. The molecule has 2 heterocycles. The minimum absolute atomic E-state index is 0.210. The van der Waals surface area contributed by atoms with Crippen LogP contribution in [0.2, 0.25) is 5.02 Å². The molecule has 0 bridgehead atoms. The number of aryl methyl sites for hydroxylation is 1.